The molecular formula is C14H19N3OS. The van der Waals surface area contributed by atoms with E-state index in [4.69, 9.17) is 18.0 Å². The summed E-state index contributed by atoms with van der Waals surface area (Å²) in [7, 11) is 0. The summed E-state index contributed by atoms with van der Waals surface area (Å²) in [5.41, 5.74) is 6.97. The maximum Gasteiger partial charge on any atom is 0.234 e. The molecule has 1 aromatic rings. The van der Waals surface area contributed by atoms with E-state index in [1.165, 1.54) is 0 Å². The summed E-state index contributed by atoms with van der Waals surface area (Å²) < 4.78 is 0. The summed E-state index contributed by atoms with van der Waals surface area (Å²) in [5, 5.41) is 2.87. The summed E-state index contributed by atoms with van der Waals surface area (Å²) in [6.45, 7) is 2.77. The fraction of sp³-hybridized carbons (Fsp3) is 0.429. The number of benzene rings is 1. The third kappa shape index (κ3) is 4.01. The largest absolute Gasteiger partial charge is 0.393 e. The lowest BCUT2D eigenvalue weighted by molar-refractivity contribution is -0.121. The van der Waals surface area contributed by atoms with E-state index in [1.54, 1.807) is 0 Å². The van der Waals surface area contributed by atoms with E-state index in [2.05, 4.69) is 10.2 Å². The second-order valence-corrected chi connectivity index (χ2v) is 5.28. The van der Waals surface area contributed by atoms with Crippen molar-refractivity contribution in [3.05, 3.63) is 35.9 Å². The first-order valence-electron chi connectivity index (χ1n) is 6.50. The van der Waals surface area contributed by atoms with Crippen LogP contribution >= 0.6 is 12.2 Å². The SMILES string of the molecule is NC(=S)C(CN1CCCNC(=O)C1)c1ccccc1. The van der Waals surface area contributed by atoms with Gasteiger partial charge in [-0.25, -0.2) is 0 Å². The summed E-state index contributed by atoms with van der Waals surface area (Å²) in [6, 6.07) is 9.99. The Morgan fingerprint density at radius 3 is 2.84 bits per heavy atom. The van der Waals surface area contributed by atoms with Crippen LogP contribution in [0.1, 0.15) is 17.9 Å². The Morgan fingerprint density at radius 1 is 1.42 bits per heavy atom. The predicted octanol–water partition coefficient (Wildman–Crippen LogP) is 0.878. The molecule has 1 amide bonds. The lowest BCUT2D eigenvalue weighted by Gasteiger charge is -2.25. The molecule has 5 heteroatoms. The van der Waals surface area contributed by atoms with E-state index in [9.17, 15) is 4.79 Å². The van der Waals surface area contributed by atoms with Crippen molar-refractivity contribution in [2.45, 2.75) is 12.3 Å². The van der Waals surface area contributed by atoms with Crippen LogP contribution in [0.3, 0.4) is 0 Å². The zero-order chi connectivity index (χ0) is 13.7. The summed E-state index contributed by atoms with van der Waals surface area (Å²) >= 11 is 5.18. The summed E-state index contributed by atoms with van der Waals surface area (Å²) in [4.78, 5) is 14.2. The number of nitrogens with one attached hydrogen (secondary N) is 1. The number of nitrogens with two attached hydrogens (primary N) is 1. The van der Waals surface area contributed by atoms with Gasteiger partial charge >= 0.3 is 0 Å². The van der Waals surface area contributed by atoms with Crippen LogP contribution in [-0.2, 0) is 4.79 Å². The Bertz CT molecular complexity index is 449. The van der Waals surface area contributed by atoms with Gasteiger partial charge in [-0.15, -0.1) is 0 Å². The average Bonchev–Trinajstić information content (AvgIpc) is 2.61. The van der Waals surface area contributed by atoms with E-state index in [1.807, 2.05) is 30.3 Å². The Morgan fingerprint density at radius 2 is 2.16 bits per heavy atom. The molecule has 19 heavy (non-hydrogen) atoms. The number of carbonyl (C=O) groups excluding carboxylic acids is 1. The maximum atomic E-state index is 11.6. The first-order valence-corrected chi connectivity index (χ1v) is 6.91. The fourth-order valence-electron chi connectivity index (χ4n) is 2.33. The maximum absolute atomic E-state index is 11.6. The molecule has 0 aromatic heterocycles. The van der Waals surface area contributed by atoms with Crippen LogP contribution in [0.25, 0.3) is 0 Å². The minimum atomic E-state index is 0.00194. The fourth-order valence-corrected chi connectivity index (χ4v) is 2.54. The second kappa shape index (κ2) is 6.63. The highest BCUT2D eigenvalue weighted by Crippen LogP contribution is 2.18. The average molecular weight is 277 g/mol. The van der Waals surface area contributed by atoms with E-state index < -0.39 is 0 Å². The molecule has 1 atom stereocenters. The van der Waals surface area contributed by atoms with Gasteiger partial charge in [0, 0.05) is 25.6 Å². The zero-order valence-electron chi connectivity index (χ0n) is 10.8. The number of nitrogens with zero attached hydrogens (tertiary/aromatic N) is 1. The molecule has 102 valence electrons. The molecule has 0 aliphatic carbocycles. The molecule has 0 bridgehead atoms. The van der Waals surface area contributed by atoms with Gasteiger partial charge in [0.25, 0.3) is 0 Å². The minimum Gasteiger partial charge on any atom is -0.393 e. The Labute approximate surface area is 119 Å². The third-order valence-corrected chi connectivity index (χ3v) is 3.61. The molecule has 1 saturated heterocycles. The van der Waals surface area contributed by atoms with Gasteiger partial charge in [-0.05, 0) is 12.0 Å². The Hall–Kier alpha value is -1.46. The highest BCUT2D eigenvalue weighted by molar-refractivity contribution is 7.80. The van der Waals surface area contributed by atoms with Gasteiger partial charge in [0.05, 0.1) is 11.5 Å². The van der Waals surface area contributed by atoms with Crippen LogP contribution in [0.15, 0.2) is 30.3 Å². The smallest absolute Gasteiger partial charge is 0.234 e. The van der Waals surface area contributed by atoms with Crippen molar-refractivity contribution < 1.29 is 4.79 Å². The van der Waals surface area contributed by atoms with Crippen molar-refractivity contribution in [2.24, 2.45) is 5.73 Å². The lowest BCUT2D eigenvalue weighted by Crippen LogP contribution is -2.38. The topological polar surface area (TPSA) is 58.4 Å². The monoisotopic (exact) mass is 277 g/mol. The van der Waals surface area contributed by atoms with Crippen LogP contribution in [-0.4, -0.2) is 42.0 Å². The van der Waals surface area contributed by atoms with Crippen molar-refractivity contribution >= 4 is 23.1 Å². The molecule has 0 saturated carbocycles. The van der Waals surface area contributed by atoms with E-state index >= 15 is 0 Å². The molecule has 0 spiro atoms. The second-order valence-electron chi connectivity index (χ2n) is 4.80. The molecule has 1 heterocycles. The van der Waals surface area contributed by atoms with Crippen LogP contribution < -0.4 is 11.1 Å². The number of thiocarbonyl (C=S) groups is 1. The van der Waals surface area contributed by atoms with Crippen LogP contribution in [0.2, 0.25) is 0 Å². The molecule has 1 aliphatic heterocycles. The number of hydrogen-bond acceptors (Lipinski definition) is 3. The number of amides is 1. The van der Waals surface area contributed by atoms with Gasteiger partial charge in [-0.1, -0.05) is 42.5 Å². The lowest BCUT2D eigenvalue weighted by atomic mass is 9.98. The normalized spacial score (nSPS) is 18.4. The van der Waals surface area contributed by atoms with Crippen molar-refractivity contribution in [1.29, 1.82) is 0 Å². The van der Waals surface area contributed by atoms with Crippen molar-refractivity contribution in [2.75, 3.05) is 26.2 Å². The van der Waals surface area contributed by atoms with Gasteiger partial charge < -0.3 is 11.1 Å². The Kier molecular flexibility index (Phi) is 4.87. The number of carbonyl (C=O) groups is 1. The molecule has 2 rings (SSSR count). The summed E-state index contributed by atoms with van der Waals surface area (Å²) in [5.74, 6) is 0.0781. The molecular weight excluding hydrogens is 258 g/mol. The van der Waals surface area contributed by atoms with Gasteiger partial charge in [0.2, 0.25) is 5.91 Å². The summed E-state index contributed by atoms with van der Waals surface area (Å²) in [6.07, 6.45) is 0.963. The van der Waals surface area contributed by atoms with Gasteiger partial charge in [-0.2, -0.15) is 0 Å². The first kappa shape index (κ1) is 14.0. The van der Waals surface area contributed by atoms with E-state index in [0.717, 1.165) is 25.1 Å². The van der Waals surface area contributed by atoms with Crippen LogP contribution in [0.4, 0.5) is 0 Å². The third-order valence-electron chi connectivity index (χ3n) is 3.33. The van der Waals surface area contributed by atoms with Gasteiger partial charge in [-0.3, -0.25) is 9.69 Å². The molecule has 1 aliphatic rings. The predicted molar refractivity (Wildman–Crippen MR) is 80.0 cm³/mol. The molecule has 1 aromatic carbocycles. The first-order chi connectivity index (χ1) is 9.16. The van der Waals surface area contributed by atoms with Crippen molar-refractivity contribution in [3.8, 4) is 0 Å². The van der Waals surface area contributed by atoms with Crippen LogP contribution in [0.5, 0.6) is 0 Å². The molecule has 1 unspecified atom stereocenters. The highest BCUT2D eigenvalue weighted by atomic mass is 32.1. The number of rotatable bonds is 4. The van der Waals surface area contributed by atoms with Crippen molar-refractivity contribution in [1.82, 2.24) is 10.2 Å². The quantitative estimate of drug-likeness (QED) is 0.802. The molecule has 1 fully saturated rings. The minimum absolute atomic E-state index is 0.00194. The Balaban J connectivity index is 2.08. The van der Waals surface area contributed by atoms with Gasteiger partial charge in [0.1, 0.15) is 0 Å². The van der Waals surface area contributed by atoms with Gasteiger partial charge in [0.15, 0.2) is 0 Å². The number of hydrogen-bond donors (Lipinski definition) is 2. The standard InChI is InChI=1S/C14H19N3OS/c15-14(19)12(11-5-2-1-3-6-11)9-17-8-4-7-16-13(18)10-17/h1-3,5-6,12H,4,7-10H2,(H2,15,19)(H,16,18). The van der Waals surface area contributed by atoms with E-state index in [-0.39, 0.29) is 11.8 Å². The zero-order valence-corrected chi connectivity index (χ0v) is 11.7. The van der Waals surface area contributed by atoms with Crippen LogP contribution in [0, 0.1) is 0 Å². The van der Waals surface area contributed by atoms with Crippen molar-refractivity contribution in [3.63, 3.8) is 0 Å². The molecule has 3 N–H and O–H groups in total. The molecule has 0 radical (unpaired) electrons. The highest BCUT2D eigenvalue weighted by Gasteiger charge is 2.21. The molecule has 4 nitrogen and oxygen atoms in total. The van der Waals surface area contributed by atoms with E-state index in [0.29, 0.717) is 18.1 Å².